The molecule has 0 atom stereocenters. The Morgan fingerprint density at radius 1 is 1.54 bits per heavy atom. The minimum atomic E-state index is -0.183. The van der Waals surface area contributed by atoms with Crippen LogP contribution >= 0.6 is 11.8 Å². The number of hydrogen-bond donors (Lipinski definition) is 0. The summed E-state index contributed by atoms with van der Waals surface area (Å²) in [6, 6.07) is 0. The average Bonchev–Trinajstić information content (AvgIpc) is 2.88. The Hall–Kier alpha value is -0.770. The molecule has 1 saturated heterocycles. The highest BCUT2D eigenvalue weighted by molar-refractivity contribution is 8.14. The molecule has 2 aliphatic rings. The van der Waals surface area contributed by atoms with Crippen molar-refractivity contribution in [3.63, 3.8) is 0 Å². The van der Waals surface area contributed by atoms with Crippen LogP contribution in [-0.2, 0) is 14.3 Å². The molecule has 1 aliphatic heterocycles. The number of hydrogen-bond acceptors (Lipinski definition) is 4. The zero-order chi connectivity index (χ0) is 9.26. The highest BCUT2D eigenvalue weighted by atomic mass is 32.2. The maximum absolute atomic E-state index is 11.1. The summed E-state index contributed by atoms with van der Waals surface area (Å²) in [5.41, 5.74) is 0.638. The molecule has 0 aromatic heterocycles. The summed E-state index contributed by atoms with van der Waals surface area (Å²) in [5.74, 6) is 0.726. The number of thioether (sulfide) groups is 1. The van der Waals surface area contributed by atoms with Gasteiger partial charge in [0.05, 0.1) is 5.92 Å². The van der Waals surface area contributed by atoms with Crippen molar-refractivity contribution in [2.75, 3.05) is 5.75 Å². The zero-order valence-corrected chi connectivity index (χ0v) is 7.93. The number of carbonyl (C=O) groups is 2. The molecule has 0 bridgehead atoms. The SMILES string of the molecule is O=C1SCCC1=COC(=O)C1CC1. The van der Waals surface area contributed by atoms with E-state index in [-0.39, 0.29) is 17.0 Å². The molecule has 2 rings (SSSR count). The highest BCUT2D eigenvalue weighted by Crippen LogP contribution is 2.31. The fourth-order valence-corrected chi connectivity index (χ4v) is 1.94. The van der Waals surface area contributed by atoms with E-state index in [4.69, 9.17) is 4.74 Å². The topological polar surface area (TPSA) is 43.4 Å². The second-order valence-corrected chi connectivity index (χ2v) is 4.31. The van der Waals surface area contributed by atoms with Gasteiger partial charge in [0, 0.05) is 11.3 Å². The summed E-state index contributed by atoms with van der Waals surface area (Å²) < 4.78 is 4.89. The van der Waals surface area contributed by atoms with Crippen LogP contribution in [0.5, 0.6) is 0 Å². The Morgan fingerprint density at radius 2 is 2.31 bits per heavy atom. The molecule has 0 aromatic carbocycles. The fourth-order valence-electron chi connectivity index (χ4n) is 1.10. The van der Waals surface area contributed by atoms with Crippen molar-refractivity contribution in [3.05, 3.63) is 11.8 Å². The van der Waals surface area contributed by atoms with Gasteiger partial charge in [-0.15, -0.1) is 0 Å². The van der Waals surface area contributed by atoms with Crippen LogP contribution in [0.25, 0.3) is 0 Å². The molecule has 0 amide bonds. The molecule has 70 valence electrons. The number of ether oxygens (including phenoxy) is 1. The van der Waals surface area contributed by atoms with Crippen LogP contribution in [0.2, 0.25) is 0 Å². The van der Waals surface area contributed by atoms with E-state index in [2.05, 4.69) is 0 Å². The van der Waals surface area contributed by atoms with Gasteiger partial charge in [0.1, 0.15) is 6.26 Å². The van der Waals surface area contributed by atoms with Gasteiger partial charge in [0.15, 0.2) is 0 Å². The molecule has 1 heterocycles. The quantitative estimate of drug-likeness (QED) is 0.383. The average molecular weight is 198 g/mol. The van der Waals surface area contributed by atoms with Crippen LogP contribution < -0.4 is 0 Å². The molecule has 0 N–H and O–H groups in total. The van der Waals surface area contributed by atoms with Gasteiger partial charge in [0.25, 0.3) is 0 Å². The van der Waals surface area contributed by atoms with E-state index in [1.54, 1.807) is 0 Å². The van der Waals surface area contributed by atoms with Gasteiger partial charge in [-0.1, -0.05) is 11.8 Å². The second-order valence-electron chi connectivity index (χ2n) is 3.24. The first-order valence-corrected chi connectivity index (χ1v) is 5.32. The first-order chi connectivity index (χ1) is 6.27. The van der Waals surface area contributed by atoms with E-state index >= 15 is 0 Å². The smallest absolute Gasteiger partial charge is 0.313 e. The lowest BCUT2D eigenvalue weighted by Gasteiger charge is -1.96. The zero-order valence-electron chi connectivity index (χ0n) is 7.12. The van der Waals surface area contributed by atoms with Crippen LogP contribution in [0.3, 0.4) is 0 Å². The van der Waals surface area contributed by atoms with E-state index < -0.39 is 0 Å². The van der Waals surface area contributed by atoms with Gasteiger partial charge < -0.3 is 4.74 Å². The van der Waals surface area contributed by atoms with E-state index in [0.717, 1.165) is 25.0 Å². The summed E-state index contributed by atoms with van der Waals surface area (Å²) in [6.45, 7) is 0. The molecule has 0 spiro atoms. The summed E-state index contributed by atoms with van der Waals surface area (Å²) in [7, 11) is 0. The van der Waals surface area contributed by atoms with Crippen LogP contribution in [0.15, 0.2) is 11.8 Å². The predicted octanol–water partition coefficient (Wildman–Crippen LogP) is 1.49. The largest absolute Gasteiger partial charge is 0.434 e. The Morgan fingerprint density at radius 3 is 2.85 bits per heavy atom. The summed E-state index contributed by atoms with van der Waals surface area (Å²) in [5, 5.41) is 0.0450. The Bertz CT molecular complexity index is 279. The number of esters is 1. The molecule has 0 unspecified atom stereocenters. The monoisotopic (exact) mass is 198 g/mol. The molecule has 13 heavy (non-hydrogen) atoms. The number of carbonyl (C=O) groups excluding carboxylic acids is 2. The molecular weight excluding hydrogens is 188 g/mol. The standard InChI is InChI=1S/C9H10O3S/c10-8(6-1-2-6)12-5-7-3-4-13-9(7)11/h5-6H,1-4H2. The predicted molar refractivity (Wildman–Crippen MR) is 49.0 cm³/mol. The van der Waals surface area contributed by atoms with Crippen molar-refractivity contribution in [1.82, 2.24) is 0 Å². The lowest BCUT2D eigenvalue weighted by Crippen LogP contribution is -2.02. The van der Waals surface area contributed by atoms with Crippen molar-refractivity contribution >= 4 is 22.8 Å². The van der Waals surface area contributed by atoms with Gasteiger partial charge in [-0.05, 0) is 19.3 Å². The van der Waals surface area contributed by atoms with Gasteiger partial charge >= 0.3 is 5.97 Å². The Balaban J connectivity index is 1.88. The minimum absolute atomic E-state index is 0.0450. The number of rotatable bonds is 2. The molecule has 0 radical (unpaired) electrons. The fraction of sp³-hybridized carbons (Fsp3) is 0.556. The molecule has 4 heteroatoms. The summed E-state index contributed by atoms with van der Waals surface area (Å²) >= 11 is 1.28. The van der Waals surface area contributed by atoms with Crippen LogP contribution in [0.1, 0.15) is 19.3 Å². The maximum Gasteiger partial charge on any atom is 0.313 e. The molecule has 1 aliphatic carbocycles. The van der Waals surface area contributed by atoms with Gasteiger partial charge in [-0.3, -0.25) is 9.59 Å². The van der Waals surface area contributed by atoms with E-state index in [0.29, 0.717) is 5.57 Å². The molecular formula is C9H10O3S. The normalized spacial score (nSPS) is 25.2. The first-order valence-electron chi connectivity index (χ1n) is 4.34. The lowest BCUT2D eigenvalue weighted by atomic mass is 10.3. The first kappa shape index (κ1) is 8.81. The van der Waals surface area contributed by atoms with Crippen LogP contribution in [-0.4, -0.2) is 16.8 Å². The minimum Gasteiger partial charge on any atom is -0.434 e. The maximum atomic E-state index is 11.1. The third-order valence-corrected chi connectivity index (χ3v) is 3.03. The molecule has 1 saturated carbocycles. The van der Waals surface area contributed by atoms with Crippen LogP contribution in [0, 0.1) is 5.92 Å². The molecule has 0 aromatic rings. The lowest BCUT2D eigenvalue weighted by molar-refractivity contribution is -0.139. The van der Waals surface area contributed by atoms with Crippen LogP contribution in [0.4, 0.5) is 0 Å². The van der Waals surface area contributed by atoms with E-state index in [1.807, 2.05) is 0 Å². The second kappa shape index (κ2) is 3.54. The van der Waals surface area contributed by atoms with Gasteiger partial charge in [-0.25, -0.2) is 0 Å². The Labute approximate surface area is 80.5 Å². The van der Waals surface area contributed by atoms with Crippen molar-refractivity contribution < 1.29 is 14.3 Å². The summed E-state index contributed by atoms with van der Waals surface area (Å²) in [4.78, 5) is 22.2. The highest BCUT2D eigenvalue weighted by Gasteiger charge is 2.31. The van der Waals surface area contributed by atoms with E-state index in [1.165, 1.54) is 18.0 Å². The third kappa shape index (κ3) is 2.12. The van der Waals surface area contributed by atoms with Crippen molar-refractivity contribution in [1.29, 1.82) is 0 Å². The summed E-state index contributed by atoms with van der Waals surface area (Å²) in [6.07, 6.45) is 3.93. The van der Waals surface area contributed by atoms with Crippen molar-refractivity contribution in [2.24, 2.45) is 5.92 Å². The van der Waals surface area contributed by atoms with Gasteiger partial charge in [0.2, 0.25) is 5.12 Å². The van der Waals surface area contributed by atoms with Crippen molar-refractivity contribution in [3.8, 4) is 0 Å². The Kier molecular flexibility index (Phi) is 2.40. The van der Waals surface area contributed by atoms with Crippen molar-refractivity contribution in [2.45, 2.75) is 19.3 Å². The molecule has 3 nitrogen and oxygen atoms in total. The van der Waals surface area contributed by atoms with Gasteiger partial charge in [-0.2, -0.15) is 0 Å². The third-order valence-electron chi connectivity index (χ3n) is 2.09. The molecule has 2 fully saturated rings. The van der Waals surface area contributed by atoms with E-state index in [9.17, 15) is 9.59 Å².